The van der Waals surface area contributed by atoms with Crippen molar-refractivity contribution in [1.29, 1.82) is 0 Å². The summed E-state index contributed by atoms with van der Waals surface area (Å²) in [4.78, 5) is 40.5. The van der Waals surface area contributed by atoms with Gasteiger partial charge in [-0.25, -0.2) is 4.79 Å². The summed E-state index contributed by atoms with van der Waals surface area (Å²) in [5.41, 5.74) is 0.810. The Morgan fingerprint density at radius 2 is 2.00 bits per heavy atom. The monoisotopic (exact) mass is 322 g/mol. The lowest BCUT2D eigenvalue weighted by molar-refractivity contribution is -0.389. The third-order valence-corrected chi connectivity index (χ3v) is 3.50. The molecule has 2 rings (SSSR count). The molecule has 10 nitrogen and oxygen atoms in total. The van der Waals surface area contributed by atoms with Gasteiger partial charge in [-0.05, 0) is 16.0 Å². The first-order valence-electron chi connectivity index (χ1n) is 7.09. The van der Waals surface area contributed by atoms with E-state index < -0.39 is 11.0 Å². The van der Waals surface area contributed by atoms with Crippen molar-refractivity contribution in [2.24, 2.45) is 0 Å². The topological polar surface area (TPSA) is 121 Å². The second-order valence-electron chi connectivity index (χ2n) is 5.02. The summed E-state index contributed by atoms with van der Waals surface area (Å²) in [7, 11) is 1.44. The second-order valence-corrected chi connectivity index (χ2v) is 5.02. The Morgan fingerprint density at radius 3 is 2.52 bits per heavy atom. The predicted octanol–water partition coefficient (Wildman–Crippen LogP) is -0.433. The van der Waals surface area contributed by atoms with E-state index >= 15 is 0 Å². The van der Waals surface area contributed by atoms with E-state index in [1.54, 1.807) is 6.07 Å². The fourth-order valence-electron chi connectivity index (χ4n) is 2.27. The molecule has 1 saturated heterocycles. The summed E-state index contributed by atoms with van der Waals surface area (Å²) < 4.78 is 0. The average molecular weight is 322 g/mol. The highest BCUT2D eigenvalue weighted by Crippen LogP contribution is 2.17. The van der Waals surface area contributed by atoms with E-state index in [9.17, 15) is 19.7 Å². The van der Waals surface area contributed by atoms with Crippen LogP contribution in [0.25, 0.3) is 0 Å². The molecule has 1 aromatic heterocycles. The van der Waals surface area contributed by atoms with Gasteiger partial charge < -0.3 is 20.3 Å². The van der Waals surface area contributed by atoms with Crippen molar-refractivity contribution in [2.45, 2.75) is 0 Å². The van der Waals surface area contributed by atoms with Crippen LogP contribution >= 0.6 is 0 Å². The second kappa shape index (κ2) is 7.49. The number of nitrogens with one attached hydrogen (secondary N) is 2. The Morgan fingerprint density at radius 1 is 1.30 bits per heavy atom. The smallest absolute Gasteiger partial charge is 0.363 e. The highest BCUT2D eigenvalue weighted by Gasteiger charge is 2.21. The number of hydrogen-bond donors (Lipinski definition) is 2. The van der Waals surface area contributed by atoms with Crippen molar-refractivity contribution in [3.8, 4) is 0 Å². The number of aromatic nitrogens is 1. The lowest BCUT2D eigenvalue weighted by Gasteiger charge is -2.35. The molecular formula is C13H18N6O4. The number of urea groups is 1. The Kier molecular flexibility index (Phi) is 5.41. The first-order valence-corrected chi connectivity index (χ1v) is 7.09. The van der Waals surface area contributed by atoms with Gasteiger partial charge >= 0.3 is 11.8 Å². The number of anilines is 1. The minimum atomic E-state index is -0.535. The van der Waals surface area contributed by atoms with Crippen LogP contribution in [0.4, 0.5) is 16.3 Å². The van der Waals surface area contributed by atoms with Crippen LogP contribution in [0.5, 0.6) is 0 Å². The maximum absolute atomic E-state index is 11.6. The SMILES string of the molecule is CNC(=O)NC(=O)CN1CCN(c2ccc([N+](=O)[O-])nc2)CC1. The summed E-state index contributed by atoms with van der Waals surface area (Å²) in [6.07, 6.45) is 1.48. The van der Waals surface area contributed by atoms with Gasteiger partial charge in [0.25, 0.3) is 0 Å². The van der Waals surface area contributed by atoms with Crippen molar-refractivity contribution in [3.05, 3.63) is 28.4 Å². The molecule has 0 aliphatic carbocycles. The molecule has 1 aliphatic rings. The zero-order chi connectivity index (χ0) is 16.8. The van der Waals surface area contributed by atoms with Crippen molar-refractivity contribution in [3.63, 3.8) is 0 Å². The molecular weight excluding hydrogens is 304 g/mol. The van der Waals surface area contributed by atoms with Crippen LogP contribution in [0.3, 0.4) is 0 Å². The van der Waals surface area contributed by atoms with Gasteiger partial charge in [-0.2, -0.15) is 0 Å². The molecule has 0 bridgehead atoms. The highest BCUT2D eigenvalue weighted by atomic mass is 16.6. The quantitative estimate of drug-likeness (QED) is 0.570. The number of pyridine rings is 1. The average Bonchev–Trinajstić information content (AvgIpc) is 2.55. The Balaban J connectivity index is 1.82. The molecule has 23 heavy (non-hydrogen) atoms. The lowest BCUT2D eigenvalue weighted by Crippen LogP contribution is -2.50. The summed E-state index contributed by atoms with van der Waals surface area (Å²) >= 11 is 0. The number of piperazine rings is 1. The number of carbonyl (C=O) groups excluding carboxylic acids is 2. The van der Waals surface area contributed by atoms with Gasteiger partial charge in [0, 0.05) is 39.3 Å². The molecule has 1 aromatic rings. The zero-order valence-electron chi connectivity index (χ0n) is 12.7. The Bertz CT molecular complexity index is 583. The largest absolute Gasteiger partial charge is 0.366 e. The van der Waals surface area contributed by atoms with Crippen molar-refractivity contribution in [1.82, 2.24) is 20.5 Å². The van der Waals surface area contributed by atoms with Crippen LogP contribution < -0.4 is 15.5 Å². The lowest BCUT2D eigenvalue weighted by atomic mass is 10.2. The third kappa shape index (κ3) is 4.61. The standard InChI is InChI=1S/C13H18N6O4/c1-14-13(21)16-12(20)9-17-4-6-18(7-5-17)10-2-3-11(15-8-10)19(22)23/h2-3,8H,4-7,9H2,1H3,(H2,14,16,20,21). The van der Waals surface area contributed by atoms with Gasteiger partial charge in [0.2, 0.25) is 5.91 Å². The summed E-state index contributed by atoms with van der Waals surface area (Å²) in [5.74, 6) is -0.534. The minimum Gasteiger partial charge on any atom is -0.366 e. The molecule has 1 fully saturated rings. The van der Waals surface area contributed by atoms with Crippen LogP contribution in [0.2, 0.25) is 0 Å². The molecule has 0 atom stereocenters. The molecule has 0 aromatic carbocycles. The van der Waals surface area contributed by atoms with E-state index in [4.69, 9.17) is 0 Å². The minimum absolute atomic E-state index is 0.153. The molecule has 0 radical (unpaired) electrons. The normalized spacial score (nSPS) is 15.1. The Hall–Kier alpha value is -2.75. The summed E-state index contributed by atoms with van der Waals surface area (Å²) in [5, 5.41) is 15.1. The maximum Gasteiger partial charge on any atom is 0.363 e. The molecule has 0 spiro atoms. The fraction of sp³-hybridized carbons (Fsp3) is 0.462. The van der Waals surface area contributed by atoms with Crippen LogP contribution in [-0.4, -0.2) is 66.5 Å². The van der Waals surface area contributed by atoms with Crippen molar-refractivity contribution < 1.29 is 14.5 Å². The number of imide groups is 1. The number of nitrogens with zero attached hydrogens (tertiary/aromatic N) is 4. The van der Waals surface area contributed by atoms with E-state index in [2.05, 4.69) is 15.6 Å². The number of hydrogen-bond acceptors (Lipinski definition) is 7. The number of amides is 3. The number of nitro groups is 1. The molecule has 10 heteroatoms. The van der Waals surface area contributed by atoms with Gasteiger partial charge in [-0.1, -0.05) is 0 Å². The van der Waals surface area contributed by atoms with Gasteiger partial charge in [-0.15, -0.1) is 0 Å². The third-order valence-electron chi connectivity index (χ3n) is 3.50. The summed E-state index contributed by atoms with van der Waals surface area (Å²) in [6, 6.07) is 2.52. The van der Waals surface area contributed by atoms with Crippen LogP contribution in [0.1, 0.15) is 0 Å². The molecule has 2 N–H and O–H groups in total. The molecule has 2 heterocycles. The fourth-order valence-corrected chi connectivity index (χ4v) is 2.27. The first-order chi connectivity index (χ1) is 11.0. The van der Waals surface area contributed by atoms with Crippen LogP contribution in [0, 0.1) is 10.1 Å². The van der Waals surface area contributed by atoms with Crippen LogP contribution in [-0.2, 0) is 4.79 Å². The first kappa shape index (κ1) is 16.6. The highest BCUT2D eigenvalue weighted by molar-refractivity contribution is 5.95. The van der Waals surface area contributed by atoms with Crippen LogP contribution in [0.15, 0.2) is 18.3 Å². The van der Waals surface area contributed by atoms with E-state index in [0.29, 0.717) is 26.2 Å². The number of carbonyl (C=O) groups is 2. The predicted molar refractivity (Wildman–Crippen MR) is 82.1 cm³/mol. The van der Waals surface area contributed by atoms with E-state index in [0.717, 1.165) is 5.69 Å². The van der Waals surface area contributed by atoms with E-state index in [-0.39, 0.29) is 18.3 Å². The zero-order valence-corrected chi connectivity index (χ0v) is 12.7. The van der Waals surface area contributed by atoms with Gasteiger partial charge in [0.1, 0.15) is 0 Å². The molecule has 0 saturated carbocycles. The van der Waals surface area contributed by atoms with Crippen molar-refractivity contribution in [2.75, 3.05) is 44.7 Å². The number of rotatable bonds is 4. The molecule has 124 valence electrons. The maximum atomic E-state index is 11.6. The van der Waals surface area contributed by atoms with Gasteiger partial charge in [-0.3, -0.25) is 15.0 Å². The Labute approximate surface area is 132 Å². The molecule has 0 unspecified atom stereocenters. The van der Waals surface area contributed by atoms with E-state index in [1.807, 2.05) is 9.80 Å². The van der Waals surface area contributed by atoms with E-state index in [1.165, 1.54) is 19.3 Å². The summed E-state index contributed by atoms with van der Waals surface area (Å²) in [6.45, 7) is 2.80. The van der Waals surface area contributed by atoms with Gasteiger partial charge in [0.15, 0.2) is 6.20 Å². The molecule has 1 aliphatic heterocycles. The molecule has 3 amide bonds. The van der Waals surface area contributed by atoms with Gasteiger partial charge in [0.05, 0.1) is 12.2 Å². The van der Waals surface area contributed by atoms with Crippen molar-refractivity contribution >= 4 is 23.4 Å².